The van der Waals surface area contributed by atoms with E-state index in [1.165, 1.54) is 0 Å². The van der Waals surface area contributed by atoms with Gasteiger partial charge in [0.05, 0.1) is 0 Å². The number of aliphatic hydroxyl groups excluding tert-OH is 1. The summed E-state index contributed by atoms with van der Waals surface area (Å²) in [7, 11) is 0. The normalized spacial score (nSPS) is 12.1. The number of ether oxygens (including phenoxy) is 1. The van der Waals surface area contributed by atoms with Gasteiger partial charge in [-0.2, -0.15) is 0 Å². The predicted octanol–water partition coefficient (Wildman–Crippen LogP) is 3.30. The van der Waals surface area contributed by atoms with E-state index in [1.807, 2.05) is 36.4 Å². The molecule has 0 aromatic heterocycles. The molecule has 0 fully saturated rings. The van der Waals surface area contributed by atoms with Crippen molar-refractivity contribution in [3.05, 3.63) is 65.7 Å². The van der Waals surface area contributed by atoms with Crippen LogP contribution in [0.5, 0.6) is 5.75 Å². The second-order valence-electron chi connectivity index (χ2n) is 5.07. The first-order valence-corrected chi connectivity index (χ1v) is 7.41. The van der Waals surface area contributed by atoms with E-state index in [1.54, 1.807) is 0 Å². The first-order chi connectivity index (χ1) is 10.3. The van der Waals surface area contributed by atoms with Gasteiger partial charge in [-0.15, -0.1) is 0 Å². The Morgan fingerprint density at radius 3 is 2.52 bits per heavy atom. The van der Waals surface area contributed by atoms with Gasteiger partial charge in [0.2, 0.25) is 0 Å². The van der Waals surface area contributed by atoms with E-state index in [4.69, 9.17) is 9.84 Å². The number of hydrogen-bond acceptors (Lipinski definition) is 3. The summed E-state index contributed by atoms with van der Waals surface area (Å²) in [5.74, 6) is 0.908. The highest BCUT2D eigenvalue weighted by atomic mass is 16.5. The van der Waals surface area contributed by atoms with Crippen molar-refractivity contribution in [1.29, 1.82) is 0 Å². The van der Waals surface area contributed by atoms with Crippen LogP contribution in [0.15, 0.2) is 54.6 Å². The maximum atomic E-state index is 8.85. The summed E-state index contributed by atoms with van der Waals surface area (Å²) in [5.41, 5.74) is 2.31. The third-order valence-corrected chi connectivity index (χ3v) is 3.41. The van der Waals surface area contributed by atoms with Gasteiger partial charge in [0.15, 0.2) is 0 Å². The summed E-state index contributed by atoms with van der Waals surface area (Å²) in [6.45, 7) is 3.69. The lowest BCUT2D eigenvalue weighted by Gasteiger charge is -2.18. The summed E-state index contributed by atoms with van der Waals surface area (Å²) >= 11 is 0. The van der Waals surface area contributed by atoms with Gasteiger partial charge in [0, 0.05) is 18.2 Å². The van der Waals surface area contributed by atoms with Crippen molar-refractivity contribution in [2.45, 2.75) is 26.0 Å². The molecule has 1 atom stereocenters. The Labute approximate surface area is 126 Å². The van der Waals surface area contributed by atoms with E-state index in [-0.39, 0.29) is 12.6 Å². The quantitative estimate of drug-likeness (QED) is 0.731. The molecular weight excluding hydrogens is 262 g/mol. The van der Waals surface area contributed by atoms with Gasteiger partial charge < -0.3 is 15.2 Å². The predicted molar refractivity (Wildman–Crippen MR) is 85.3 cm³/mol. The van der Waals surface area contributed by atoms with E-state index in [9.17, 15) is 0 Å². The zero-order valence-electron chi connectivity index (χ0n) is 12.5. The third kappa shape index (κ3) is 4.88. The van der Waals surface area contributed by atoms with E-state index in [0.29, 0.717) is 6.61 Å². The molecule has 0 spiro atoms. The number of rotatable bonds is 8. The van der Waals surface area contributed by atoms with Gasteiger partial charge in [0.25, 0.3) is 0 Å². The van der Waals surface area contributed by atoms with E-state index >= 15 is 0 Å². The number of aliphatic hydroxyl groups is 1. The average molecular weight is 285 g/mol. The van der Waals surface area contributed by atoms with E-state index < -0.39 is 0 Å². The van der Waals surface area contributed by atoms with Crippen LogP contribution < -0.4 is 10.1 Å². The lowest BCUT2D eigenvalue weighted by molar-refractivity contribution is 0.282. The summed E-state index contributed by atoms with van der Waals surface area (Å²) < 4.78 is 5.96. The van der Waals surface area contributed by atoms with Crippen molar-refractivity contribution < 1.29 is 9.84 Å². The molecule has 2 aromatic carbocycles. The number of para-hydroxylation sites is 1. The molecule has 3 heteroatoms. The fraction of sp³-hybridized carbons (Fsp3) is 0.333. The first kappa shape index (κ1) is 15.5. The van der Waals surface area contributed by atoms with Crippen LogP contribution in [0.1, 0.15) is 30.5 Å². The van der Waals surface area contributed by atoms with Crippen LogP contribution in [0.4, 0.5) is 0 Å². The Morgan fingerprint density at radius 1 is 1.05 bits per heavy atom. The third-order valence-electron chi connectivity index (χ3n) is 3.41. The van der Waals surface area contributed by atoms with Crippen molar-refractivity contribution in [2.24, 2.45) is 0 Å². The molecular formula is C18H23NO2. The summed E-state index contributed by atoms with van der Waals surface area (Å²) in [6.07, 6.45) is 0.761. The summed E-state index contributed by atoms with van der Waals surface area (Å²) in [4.78, 5) is 0. The highest BCUT2D eigenvalue weighted by molar-refractivity contribution is 5.35. The number of benzene rings is 2. The standard InChI is InChI=1S/C18H23NO2/c1-15(19-12-7-13-20)17-10-5-6-11-18(17)21-14-16-8-3-2-4-9-16/h2-6,8-11,15,19-20H,7,12-14H2,1H3. The van der Waals surface area contributed by atoms with Gasteiger partial charge in [0.1, 0.15) is 12.4 Å². The maximum absolute atomic E-state index is 8.85. The van der Waals surface area contributed by atoms with Crippen molar-refractivity contribution in [3.8, 4) is 5.75 Å². The van der Waals surface area contributed by atoms with Gasteiger partial charge >= 0.3 is 0 Å². The van der Waals surface area contributed by atoms with Crippen LogP contribution >= 0.6 is 0 Å². The molecule has 2 N–H and O–H groups in total. The molecule has 0 aliphatic rings. The second kappa shape index (κ2) is 8.45. The van der Waals surface area contributed by atoms with Crippen molar-refractivity contribution in [2.75, 3.05) is 13.2 Å². The molecule has 21 heavy (non-hydrogen) atoms. The average Bonchev–Trinajstić information content (AvgIpc) is 2.54. The highest BCUT2D eigenvalue weighted by Gasteiger charge is 2.10. The largest absolute Gasteiger partial charge is 0.489 e. The van der Waals surface area contributed by atoms with Crippen molar-refractivity contribution in [3.63, 3.8) is 0 Å². The molecule has 0 saturated heterocycles. The molecule has 0 radical (unpaired) electrons. The smallest absolute Gasteiger partial charge is 0.124 e. The summed E-state index contributed by atoms with van der Waals surface area (Å²) in [6, 6.07) is 18.5. The van der Waals surface area contributed by atoms with E-state index in [0.717, 1.165) is 29.8 Å². The number of hydrogen-bond donors (Lipinski definition) is 2. The lowest BCUT2D eigenvalue weighted by Crippen LogP contribution is -2.21. The van der Waals surface area contributed by atoms with Crippen molar-refractivity contribution in [1.82, 2.24) is 5.32 Å². The SMILES string of the molecule is CC(NCCCO)c1ccccc1OCc1ccccc1. The van der Waals surface area contributed by atoms with Crippen LogP contribution in [-0.4, -0.2) is 18.3 Å². The van der Waals surface area contributed by atoms with Crippen LogP contribution in [0.2, 0.25) is 0 Å². The summed E-state index contributed by atoms with van der Waals surface area (Å²) in [5, 5.41) is 12.2. The molecule has 2 aromatic rings. The minimum Gasteiger partial charge on any atom is -0.489 e. The zero-order valence-corrected chi connectivity index (χ0v) is 12.5. The molecule has 3 nitrogen and oxygen atoms in total. The molecule has 0 aliphatic heterocycles. The molecule has 2 rings (SSSR count). The monoisotopic (exact) mass is 285 g/mol. The van der Waals surface area contributed by atoms with Gasteiger partial charge in [-0.25, -0.2) is 0 Å². The second-order valence-corrected chi connectivity index (χ2v) is 5.07. The first-order valence-electron chi connectivity index (χ1n) is 7.41. The molecule has 112 valence electrons. The van der Waals surface area contributed by atoms with Crippen LogP contribution in [-0.2, 0) is 6.61 Å². The van der Waals surface area contributed by atoms with Gasteiger partial charge in [-0.3, -0.25) is 0 Å². The van der Waals surface area contributed by atoms with Crippen molar-refractivity contribution >= 4 is 0 Å². The maximum Gasteiger partial charge on any atom is 0.124 e. The molecule has 0 saturated carbocycles. The minimum atomic E-state index is 0.198. The Hall–Kier alpha value is -1.84. The Balaban J connectivity index is 1.99. The Kier molecular flexibility index (Phi) is 6.25. The molecule has 0 aliphatic carbocycles. The van der Waals surface area contributed by atoms with Gasteiger partial charge in [-0.1, -0.05) is 48.5 Å². The zero-order chi connectivity index (χ0) is 14.9. The molecule has 0 amide bonds. The minimum absolute atomic E-state index is 0.198. The van der Waals surface area contributed by atoms with Crippen LogP contribution in [0.3, 0.4) is 0 Å². The molecule has 0 bridgehead atoms. The number of nitrogens with one attached hydrogen (secondary N) is 1. The van der Waals surface area contributed by atoms with Crippen LogP contribution in [0.25, 0.3) is 0 Å². The Morgan fingerprint density at radius 2 is 1.76 bits per heavy atom. The fourth-order valence-corrected chi connectivity index (χ4v) is 2.21. The van der Waals surface area contributed by atoms with Crippen LogP contribution in [0, 0.1) is 0 Å². The fourth-order valence-electron chi connectivity index (χ4n) is 2.21. The van der Waals surface area contributed by atoms with E-state index in [2.05, 4.69) is 30.4 Å². The topological polar surface area (TPSA) is 41.5 Å². The van der Waals surface area contributed by atoms with Gasteiger partial charge in [-0.05, 0) is 31.5 Å². The highest BCUT2D eigenvalue weighted by Crippen LogP contribution is 2.25. The Bertz CT molecular complexity index is 528. The molecule has 1 unspecified atom stereocenters. The lowest BCUT2D eigenvalue weighted by atomic mass is 10.1. The molecule has 0 heterocycles.